The molecule has 2 aromatic rings. The molecule has 2 unspecified atom stereocenters. The summed E-state index contributed by atoms with van der Waals surface area (Å²) >= 11 is 12.4. The number of amides is 1. The van der Waals surface area contributed by atoms with Gasteiger partial charge >= 0.3 is 5.97 Å². The predicted octanol–water partition coefficient (Wildman–Crippen LogP) is 4.47. The zero-order chi connectivity index (χ0) is 21.0. The van der Waals surface area contributed by atoms with Crippen LogP contribution in [-0.4, -0.2) is 36.1 Å². The number of rotatable bonds is 6. The van der Waals surface area contributed by atoms with Crippen molar-refractivity contribution in [1.82, 2.24) is 10.3 Å². The fraction of sp³-hybridized carbons (Fsp3) is 0.476. The number of esters is 1. The maximum Gasteiger partial charge on any atom is 0.344 e. The van der Waals surface area contributed by atoms with Gasteiger partial charge in [0.15, 0.2) is 19.0 Å². The number of pyridine rings is 1. The summed E-state index contributed by atoms with van der Waals surface area (Å²) in [6.07, 6.45) is 4.35. The lowest BCUT2D eigenvalue weighted by Crippen LogP contribution is -2.43. The molecule has 1 heterocycles. The van der Waals surface area contributed by atoms with Crippen LogP contribution in [0.4, 0.5) is 0 Å². The van der Waals surface area contributed by atoms with Gasteiger partial charge in [-0.05, 0) is 43.9 Å². The first-order valence-corrected chi connectivity index (χ1v) is 10.4. The Hall–Kier alpha value is -2.05. The second-order valence-electron chi connectivity index (χ2n) is 7.40. The van der Waals surface area contributed by atoms with Crippen LogP contribution in [0.2, 0.25) is 10.0 Å². The summed E-state index contributed by atoms with van der Waals surface area (Å²) in [5.41, 5.74) is 1.23. The van der Waals surface area contributed by atoms with Crippen molar-refractivity contribution in [2.45, 2.75) is 45.6 Å². The van der Waals surface area contributed by atoms with Crippen molar-refractivity contribution in [2.24, 2.45) is 5.92 Å². The third-order valence-electron chi connectivity index (χ3n) is 5.13. The minimum atomic E-state index is -0.663. The lowest BCUT2D eigenvalue weighted by atomic mass is 9.86. The second kappa shape index (κ2) is 9.63. The molecule has 1 fully saturated rings. The molecular weight excluding hydrogens is 415 g/mol. The van der Waals surface area contributed by atoms with Crippen LogP contribution >= 0.6 is 23.2 Å². The van der Waals surface area contributed by atoms with Gasteiger partial charge in [-0.25, -0.2) is 9.78 Å². The van der Waals surface area contributed by atoms with E-state index in [4.69, 9.17) is 32.7 Å². The first-order valence-electron chi connectivity index (χ1n) is 9.68. The number of carbonyl (C=O) groups is 2. The number of hydrogen-bond acceptors (Lipinski definition) is 5. The molecule has 3 rings (SSSR count). The van der Waals surface area contributed by atoms with Gasteiger partial charge < -0.3 is 14.8 Å². The van der Waals surface area contributed by atoms with Gasteiger partial charge in [0.25, 0.3) is 5.91 Å². The average molecular weight is 439 g/mol. The zero-order valence-corrected chi connectivity index (χ0v) is 18.0. The van der Waals surface area contributed by atoms with Crippen molar-refractivity contribution < 1.29 is 19.1 Å². The Morgan fingerprint density at radius 2 is 1.93 bits per heavy atom. The zero-order valence-electron chi connectivity index (χ0n) is 16.5. The van der Waals surface area contributed by atoms with Crippen molar-refractivity contribution in [3.63, 3.8) is 0 Å². The fourth-order valence-corrected chi connectivity index (χ4v) is 4.10. The maximum absolute atomic E-state index is 12.1. The van der Waals surface area contributed by atoms with Crippen molar-refractivity contribution in [1.29, 1.82) is 0 Å². The first kappa shape index (κ1) is 21.7. The third kappa shape index (κ3) is 5.52. The van der Waals surface area contributed by atoms with E-state index in [9.17, 15) is 9.59 Å². The Kier molecular flexibility index (Phi) is 7.19. The number of aromatic nitrogens is 1. The van der Waals surface area contributed by atoms with E-state index >= 15 is 0 Å². The van der Waals surface area contributed by atoms with Gasteiger partial charge in [-0.15, -0.1) is 0 Å². The normalized spacial score (nSPS) is 19.0. The first-order chi connectivity index (χ1) is 13.8. The SMILES string of the molecule is Cc1ccc2c(Cl)cc(Cl)c(OCC(=O)OCC(=O)NC3CCCCC3C)c2n1. The van der Waals surface area contributed by atoms with Gasteiger partial charge in [-0.3, -0.25) is 4.79 Å². The molecule has 156 valence electrons. The van der Waals surface area contributed by atoms with Gasteiger partial charge in [0, 0.05) is 17.1 Å². The van der Waals surface area contributed by atoms with Crippen LogP contribution in [0.25, 0.3) is 10.9 Å². The Balaban J connectivity index is 1.56. The summed E-state index contributed by atoms with van der Waals surface area (Å²) in [6, 6.07) is 5.33. The standard InChI is InChI=1S/C21H24Cl2N2O4/c1-12-5-3-4-6-17(12)25-18(26)10-28-19(27)11-29-21-16(23)9-15(22)14-8-7-13(2)24-20(14)21/h7-9,12,17H,3-6,10-11H2,1-2H3,(H,25,26). The minimum absolute atomic E-state index is 0.139. The molecule has 0 saturated heterocycles. The molecule has 1 saturated carbocycles. The lowest BCUT2D eigenvalue weighted by Gasteiger charge is -2.29. The fourth-order valence-electron chi connectivity index (χ4n) is 3.53. The number of benzene rings is 1. The monoisotopic (exact) mass is 438 g/mol. The van der Waals surface area contributed by atoms with E-state index in [1.807, 2.05) is 19.1 Å². The van der Waals surface area contributed by atoms with Gasteiger partial charge in [-0.2, -0.15) is 0 Å². The van der Waals surface area contributed by atoms with Crippen molar-refractivity contribution in [3.05, 3.63) is 33.9 Å². The summed E-state index contributed by atoms with van der Waals surface area (Å²) in [5, 5.41) is 4.31. The van der Waals surface area contributed by atoms with E-state index in [1.54, 1.807) is 6.07 Å². The molecule has 1 aliphatic carbocycles. The van der Waals surface area contributed by atoms with Crippen LogP contribution in [0.3, 0.4) is 0 Å². The van der Waals surface area contributed by atoms with E-state index < -0.39 is 5.97 Å². The third-order valence-corrected chi connectivity index (χ3v) is 5.73. The van der Waals surface area contributed by atoms with E-state index in [1.165, 1.54) is 6.42 Å². The van der Waals surface area contributed by atoms with Gasteiger partial charge in [0.05, 0.1) is 10.0 Å². The highest BCUT2D eigenvalue weighted by molar-refractivity contribution is 6.39. The molecule has 2 atom stereocenters. The molecule has 0 bridgehead atoms. The van der Waals surface area contributed by atoms with Gasteiger partial charge in [-0.1, -0.05) is 43.0 Å². The highest BCUT2D eigenvalue weighted by atomic mass is 35.5. The maximum atomic E-state index is 12.1. The average Bonchev–Trinajstić information content (AvgIpc) is 2.67. The quantitative estimate of drug-likeness (QED) is 0.673. The molecule has 6 nitrogen and oxygen atoms in total. The lowest BCUT2D eigenvalue weighted by molar-refractivity contribution is -0.150. The van der Waals surface area contributed by atoms with E-state index in [2.05, 4.69) is 17.2 Å². The second-order valence-corrected chi connectivity index (χ2v) is 8.22. The number of carbonyl (C=O) groups excluding carboxylic acids is 2. The number of hydrogen-bond donors (Lipinski definition) is 1. The van der Waals surface area contributed by atoms with Gasteiger partial charge in [0.1, 0.15) is 5.52 Å². The van der Waals surface area contributed by atoms with Crippen molar-refractivity contribution in [2.75, 3.05) is 13.2 Å². The molecule has 1 N–H and O–H groups in total. The Morgan fingerprint density at radius 1 is 1.17 bits per heavy atom. The summed E-state index contributed by atoms with van der Waals surface area (Å²) in [7, 11) is 0. The Morgan fingerprint density at radius 3 is 2.69 bits per heavy atom. The number of halogens is 2. The van der Waals surface area contributed by atoms with Crippen molar-refractivity contribution >= 4 is 46.0 Å². The van der Waals surface area contributed by atoms with Crippen LogP contribution in [0.5, 0.6) is 5.75 Å². The molecule has 29 heavy (non-hydrogen) atoms. The van der Waals surface area contributed by atoms with E-state index in [0.29, 0.717) is 21.8 Å². The van der Waals surface area contributed by atoms with Crippen LogP contribution in [0.1, 0.15) is 38.3 Å². The summed E-state index contributed by atoms with van der Waals surface area (Å²) in [6.45, 7) is 3.23. The van der Waals surface area contributed by atoms with Crippen LogP contribution in [0.15, 0.2) is 18.2 Å². The number of fused-ring (bicyclic) bond motifs is 1. The minimum Gasteiger partial charge on any atom is -0.478 e. The molecular formula is C21H24Cl2N2O4. The molecule has 8 heteroatoms. The smallest absolute Gasteiger partial charge is 0.344 e. The number of aryl methyl sites for hydroxylation is 1. The molecule has 1 amide bonds. The Labute approximate surface area is 179 Å². The predicted molar refractivity (Wildman–Crippen MR) is 113 cm³/mol. The van der Waals surface area contributed by atoms with Crippen LogP contribution < -0.4 is 10.1 Å². The van der Waals surface area contributed by atoms with E-state index in [-0.39, 0.29) is 35.9 Å². The summed E-state index contributed by atoms with van der Waals surface area (Å²) in [5.74, 6) is -0.275. The topological polar surface area (TPSA) is 77.5 Å². The molecule has 1 aliphatic rings. The molecule has 1 aromatic carbocycles. The molecule has 0 radical (unpaired) electrons. The highest BCUT2D eigenvalue weighted by Crippen LogP contribution is 2.37. The van der Waals surface area contributed by atoms with Crippen LogP contribution in [0, 0.1) is 12.8 Å². The summed E-state index contributed by atoms with van der Waals surface area (Å²) < 4.78 is 10.6. The highest BCUT2D eigenvalue weighted by Gasteiger charge is 2.23. The van der Waals surface area contributed by atoms with Crippen molar-refractivity contribution in [3.8, 4) is 5.75 Å². The number of nitrogens with one attached hydrogen (secondary N) is 1. The van der Waals surface area contributed by atoms with Crippen LogP contribution in [-0.2, 0) is 14.3 Å². The summed E-state index contributed by atoms with van der Waals surface area (Å²) in [4.78, 5) is 28.5. The molecule has 0 spiro atoms. The number of nitrogens with zero attached hydrogens (tertiary/aromatic N) is 1. The Bertz CT molecular complexity index is 919. The molecule has 1 aromatic heterocycles. The molecule has 0 aliphatic heterocycles. The largest absolute Gasteiger partial charge is 0.478 e. The van der Waals surface area contributed by atoms with E-state index in [0.717, 1.165) is 25.0 Å². The van der Waals surface area contributed by atoms with Gasteiger partial charge in [0.2, 0.25) is 0 Å². The number of ether oxygens (including phenoxy) is 2.